The highest BCUT2D eigenvalue weighted by atomic mass is 19.4. The Hall–Kier alpha value is -3.13. The zero-order valence-electron chi connectivity index (χ0n) is 13.1. The molecule has 11 heteroatoms. The van der Waals surface area contributed by atoms with Crippen LogP contribution < -0.4 is 4.74 Å². The lowest BCUT2D eigenvalue weighted by Crippen LogP contribution is -2.32. The molecule has 1 aliphatic rings. The van der Waals surface area contributed by atoms with Crippen LogP contribution in [-0.4, -0.2) is 38.8 Å². The van der Waals surface area contributed by atoms with E-state index in [4.69, 9.17) is 9.47 Å². The van der Waals surface area contributed by atoms with E-state index in [-0.39, 0.29) is 36.8 Å². The molecular formula is C15H11F3N4O4. The van der Waals surface area contributed by atoms with E-state index in [0.29, 0.717) is 12.7 Å². The van der Waals surface area contributed by atoms with Crippen molar-refractivity contribution in [1.29, 1.82) is 0 Å². The number of nitrogens with zero attached hydrogens (tertiary/aromatic N) is 4. The largest absolute Gasteiger partial charge is 0.443 e. The molecule has 8 nitrogen and oxygen atoms in total. The summed E-state index contributed by atoms with van der Waals surface area (Å²) >= 11 is 0. The Morgan fingerprint density at radius 2 is 2.27 bits per heavy atom. The van der Waals surface area contributed by atoms with Gasteiger partial charge in [0.05, 0.1) is 12.1 Å². The maximum atomic E-state index is 12.4. The number of aromatic nitrogens is 3. The van der Waals surface area contributed by atoms with Crippen LogP contribution in [0.1, 0.15) is 11.3 Å². The van der Waals surface area contributed by atoms with Crippen LogP contribution >= 0.6 is 0 Å². The Labute approximate surface area is 144 Å². The van der Waals surface area contributed by atoms with E-state index in [1.165, 1.54) is 16.8 Å². The summed E-state index contributed by atoms with van der Waals surface area (Å²) in [5.41, 5.74) is -0.655. The minimum absolute atomic E-state index is 0.00283. The third-order valence-corrected chi connectivity index (χ3v) is 3.41. The van der Waals surface area contributed by atoms with E-state index in [1.54, 1.807) is 0 Å². The Bertz CT molecular complexity index is 868. The fourth-order valence-electron chi connectivity index (χ4n) is 2.18. The number of hydrogen-bond acceptors (Lipinski definition) is 6. The number of fused-ring (bicyclic) bond motifs is 1. The molecule has 26 heavy (non-hydrogen) atoms. The van der Waals surface area contributed by atoms with Crippen LogP contribution in [0.25, 0.3) is 0 Å². The van der Waals surface area contributed by atoms with Crippen molar-refractivity contribution in [3.05, 3.63) is 45.9 Å². The molecule has 0 bridgehead atoms. The number of hydrogen-bond donors (Lipinski definition) is 0. The highest BCUT2D eigenvalue weighted by Crippen LogP contribution is 2.28. The summed E-state index contributed by atoms with van der Waals surface area (Å²) in [7, 11) is 0. The summed E-state index contributed by atoms with van der Waals surface area (Å²) in [6.45, 7) is 0.480. The van der Waals surface area contributed by atoms with Gasteiger partial charge in [-0.2, -0.15) is 13.2 Å². The van der Waals surface area contributed by atoms with Crippen molar-refractivity contribution in [3.8, 4) is 17.9 Å². The van der Waals surface area contributed by atoms with Crippen LogP contribution in [0, 0.1) is 22.0 Å². The van der Waals surface area contributed by atoms with Crippen LogP contribution in [0.3, 0.4) is 0 Å². The second kappa shape index (κ2) is 7.01. The van der Waals surface area contributed by atoms with Gasteiger partial charge in [-0.1, -0.05) is 5.92 Å². The maximum Gasteiger partial charge on any atom is 0.417 e. The molecule has 0 aromatic carbocycles. The Morgan fingerprint density at radius 1 is 1.46 bits per heavy atom. The molecule has 0 fully saturated rings. The SMILES string of the molecule is O=[N+]([O-])c1cn2c(n1)OC[C@H](OCC#Cc1ccc(C(F)(F)F)cn1)C2. The van der Waals surface area contributed by atoms with Crippen molar-refractivity contribution in [3.63, 3.8) is 0 Å². The smallest absolute Gasteiger partial charge is 0.417 e. The lowest BCUT2D eigenvalue weighted by atomic mass is 10.2. The second-order valence-corrected chi connectivity index (χ2v) is 5.27. The first kappa shape index (κ1) is 17.7. The molecule has 2 aromatic rings. The van der Waals surface area contributed by atoms with Gasteiger partial charge >= 0.3 is 18.0 Å². The van der Waals surface area contributed by atoms with Gasteiger partial charge in [-0.05, 0) is 23.0 Å². The summed E-state index contributed by atoms with van der Waals surface area (Å²) < 4.78 is 49.5. The molecule has 3 rings (SSSR count). The molecule has 0 saturated heterocycles. The molecule has 136 valence electrons. The van der Waals surface area contributed by atoms with E-state index >= 15 is 0 Å². The Balaban J connectivity index is 1.53. The lowest BCUT2D eigenvalue weighted by Gasteiger charge is -2.21. The van der Waals surface area contributed by atoms with E-state index in [9.17, 15) is 23.3 Å². The highest BCUT2D eigenvalue weighted by molar-refractivity contribution is 5.30. The molecule has 1 aliphatic heterocycles. The van der Waals surface area contributed by atoms with Gasteiger partial charge in [-0.25, -0.2) is 4.98 Å². The molecule has 0 radical (unpaired) electrons. The molecule has 0 amide bonds. The quantitative estimate of drug-likeness (QED) is 0.468. The fraction of sp³-hybridized carbons (Fsp3) is 0.333. The number of pyridine rings is 1. The topological polar surface area (TPSA) is 92.3 Å². The zero-order valence-corrected chi connectivity index (χ0v) is 13.1. The van der Waals surface area contributed by atoms with Crippen molar-refractivity contribution in [2.45, 2.75) is 18.8 Å². The molecule has 3 heterocycles. The molecular weight excluding hydrogens is 357 g/mol. The zero-order chi connectivity index (χ0) is 18.7. The van der Waals surface area contributed by atoms with Gasteiger partial charge in [-0.3, -0.25) is 4.57 Å². The van der Waals surface area contributed by atoms with Gasteiger partial charge in [0.1, 0.15) is 31.2 Å². The van der Waals surface area contributed by atoms with Gasteiger partial charge in [0.15, 0.2) is 0 Å². The average Bonchev–Trinajstić information content (AvgIpc) is 3.02. The van der Waals surface area contributed by atoms with Crippen molar-refractivity contribution in [1.82, 2.24) is 14.5 Å². The highest BCUT2D eigenvalue weighted by Gasteiger charge is 2.30. The first-order valence-electron chi connectivity index (χ1n) is 7.31. The normalized spacial score (nSPS) is 16.2. The molecule has 1 atom stereocenters. The van der Waals surface area contributed by atoms with Crippen LogP contribution in [0.15, 0.2) is 24.5 Å². The molecule has 2 aromatic heterocycles. The number of alkyl halides is 3. The number of imidazole rings is 1. The van der Waals surface area contributed by atoms with Crippen molar-refractivity contribution < 1.29 is 27.6 Å². The number of halogens is 3. The summed E-state index contributed by atoms with van der Waals surface area (Å²) in [4.78, 5) is 17.4. The van der Waals surface area contributed by atoms with Gasteiger partial charge in [0.25, 0.3) is 0 Å². The molecule has 0 aliphatic carbocycles. The third-order valence-electron chi connectivity index (χ3n) is 3.41. The summed E-state index contributed by atoms with van der Waals surface area (Å²) in [6, 6.07) is 2.23. The van der Waals surface area contributed by atoms with Crippen LogP contribution in [-0.2, 0) is 17.5 Å². The molecule has 0 N–H and O–H groups in total. The summed E-state index contributed by atoms with van der Waals surface area (Å²) in [5, 5.41) is 10.7. The number of rotatable bonds is 3. The van der Waals surface area contributed by atoms with Gasteiger partial charge in [0, 0.05) is 11.2 Å². The minimum atomic E-state index is -4.44. The second-order valence-electron chi connectivity index (χ2n) is 5.27. The molecule has 0 unspecified atom stereocenters. The fourth-order valence-corrected chi connectivity index (χ4v) is 2.18. The Kier molecular flexibility index (Phi) is 4.77. The van der Waals surface area contributed by atoms with Crippen LogP contribution in [0.5, 0.6) is 6.01 Å². The third kappa shape index (κ3) is 4.09. The Morgan fingerprint density at radius 3 is 2.92 bits per heavy atom. The predicted octanol–water partition coefficient (Wildman–Crippen LogP) is 2.03. The van der Waals surface area contributed by atoms with E-state index in [1.807, 2.05) is 0 Å². The summed E-state index contributed by atoms with van der Waals surface area (Å²) in [6.07, 6.45) is -2.86. The maximum absolute atomic E-state index is 12.4. The molecule has 0 spiro atoms. The van der Waals surface area contributed by atoms with Crippen LogP contribution in [0.4, 0.5) is 19.0 Å². The van der Waals surface area contributed by atoms with E-state index in [2.05, 4.69) is 21.8 Å². The monoisotopic (exact) mass is 368 g/mol. The average molecular weight is 368 g/mol. The number of ether oxygens (including phenoxy) is 2. The van der Waals surface area contributed by atoms with Crippen LogP contribution in [0.2, 0.25) is 0 Å². The van der Waals surface area contributed by atoms with Gasteiger partial charge < -0.3 is 19.6 Å². The number of nitro groups is 1. The first-order chi connectivity index (χ1) is 12.3. The van der Waals surface area contributed by atoms with E-state index in [0.717, 1.165) is 6.07 Å². The van der Waals surface area contributed by atoms with Gasteiger partial charge in [0.2, 0.25) is 0 Å². The van der Waals surface area contributed by atoms with Crippen molar-refractivity contribution >= 4 is 5.82 Å². The van der Waals surface area contributed by atoms with E-state index < -0.39 is 16.7 Å². The van der Waals surface area contributed by atoms with Gasteiger partial charge in [-0.15, -0.1) is 0 Å². The van der Waals surface area contributed by atoms with Crippen molar-refractivity contribution in [2.75, 3.05) is 13.2 Å². The lowest BCUT2D eigenvalue weighted by molar-refractivity contribution is -0.389. The summed E-state index contributed by atoms with van der Waals surface area (Å²) in [5.74, 6) is 4.94. The standard InChI is InChI=1S/C15H11F3N4O4/c16-15(17,18)10-3-4-11(19-6-10)2-1-5-25-12-7-21-8-13(22(23)24)20-14(21)26-9-12/h3-4,6,8,12H,5,7,9H2/t12-/m1/s1. The first-order valence-corrected chi connectivity index (χ1v) is 7.31. The predicted molar refractivity (Wildman–Crippen MR) is 80.2 cm³/mol. The molecule has 0 saturated carbocycles. The van der Waals surface area contributed by atoms with Crippen molar-refractivity contribution in [2.24, 2.45) is 0 Å². The minimum Gasteiger partial charge on any atom is -0.443 e.